The fourth-order valence-electron chi connectivity index (χ4n) is 1.33. The average molecular weight is 161 g/mol. The van der Waals surface area contributed by atoms with Gasteiger partial charge in [0.1, 0.15) is 0 Å². The number of hydrogen-bond acceptors (Lipinski definition) is 2. The van der Waals surface area contributed by atoms with Crippen LogP contribution in [0.3, 0.4) is 0 Å². The Balaban J connectivity index is 1.88. The molecule has 3 heteroatoms. The minimum atomic E-state index is 0.00590. The Kier molecular flexibility index (Phi) is 1.61. The van der Waals surface area contributed by atoms with Gasteiger partial charge >= 0.3 is 0 Å². The molecule has 1 aromatic rings. The third kappa shape index (κ3) is 1.33. The largest absolute Gasteiger partial charge is 0.273 e. The molecule has 1 aliphatic rings. The molecular formula is C9H11N3. The molecule has 62 valence electrons. The van der Waals surface area contributed by atoms with E-state index in [1.807, 2.05) is 16.9 Å². The molecule has 0 bridgehead atoms. The van der Waals surface area contributed by atoms with E-state index in [4.69, 9.17) is 5.26 Å². The summed E-state index contributed by atoms with van der Waals surface area (Å²) in [6, 6.07) is 4.28. The van der Waals surface area contributed by atoms with Crippen molar-refractivity contribution in [3.63, 3.8) is 0 Å². The van der Waals surface area contributed by atoms with E-state index in [-0.39, 0.29) is 5.41 Å². The van der Waals surface area contributed by atoms with Crippen LogP contribution >= 0.6 is 0 Å². The van der Waals surface area contributed by atoms with Gasteiger partial charge in [-0.2, -0.15) is 10.4 Å². The zero-order valence-corrected chi connectivity index (χ0v) is 6.90. The topological polar surface area (TPSA) is 41.6 Å². The standard InChI is InChI=1S/C9H11N3/c10-8-9(2-3-9)4-7-12-6-1-5-11-12/h1,5-6H,2-4,7H2. The maximum atomic E-state index is 8.81. The quantitative estimate of drug-likeness (QED) is 0.675. The lowest BCUT2D eigenvalue weighted by molar-refractivity contribution is 0.489. The van der Waals surface area contributed by atoms with Crippen molar-refractivity contribution >= 4 is 0 Å². The van der Waals surface area contributed by atoms with Crippen molar-refractivity contribution in [2.24, 2.45) is 5.41 Å². The van der Waals surface area contributed by atoms with Crippen molar-refractivity contribution in [1.29, 1.82) is 5.26 Å². The van der Waals surface area contributed by atoms with Crippen molar-refractivity contribution < 1.29 is 0 Å². The summed E-state index contributed by atoms with van der Waals surface area (Å²) < 4.78 is 1.89. The van der Waals surface area contributed by atoms with E-state index in [0.717, 1.165) is 25.8 Å². The molecule has 0 N–H and O–H groups in total. The van der Waals surface area contributed by atoms with Gasteiger partial charge in [-0.3, -0.25) is 4.68 Å². The molecule has 1 heterocycles. The van der Waals surface area contributed by atoms with Crippen molar-refractivity contribution in [1.82, 2.24) is 9.78 Å². The van der Waals surface area contributed by atoms with Gasteiger partial charge in [0.05, 0.1) is 11.5 Å². The lowest BCUT2D eigenvalue weighted by atomic mass is 10.1. The number of rotatable bonds is 3. The summed E-state index contributed by atoms with van der Waals surface area (Å²) in [6.07, 6.45) is 6.81. The molecule has 3 nitrogen and oxygen atoms in total. The fourth-order valence-corrected chi connectivity index (χ4v) is 1.33. The summed E-state index contributed by atoms with van der Waals surface area (Å²) in [5.74, 6) is 0. The number of hydrogen-bond donors (Lipinski definition) is 0. The van der Waals surface area contributed by atoms with Crippen LogP contribution < -0.4 is 0 Å². The minimum Gasteiger partial charge on any atom is -0.273 e. The van der Waals surface area contributed by atoms with Crippen LogP contribution in [0.4, 0.5) is 0 Å². The molecule has 0 saturated heterocycles. The summed E-state index contributed by atoms with van der Waals surface area (Å²) in [5.41, 5.74) is 0.00590. The lowest BCUT2D eigenvalue weighted by Gasteiger charge is -2.04. The van der Waals surface area contributed by atoms with E-state index in [1.54, 1.807) is 6.20 Å². The molecule has 1 aromatic heterocycles. The van der Waals surface area contributed by atoms with Crippen molar-refractivity contribution in [3.8, 4) is 6.07 Å². The van der Waals surface area contributed by atoms with Gasteiger partial charge in [-0.25, -0.2) is 0 Å². The van der Waals surface area contributed by atoms with E-state index < -0.39 is 0 Å². The second kappa shape index (κ2) is 2.63. The van der Waals surface area contributed by atoms with E-state index in [9.17, 15) is 0 Å². The molecule has 0 atom stereocenters. The van der Waals surface area contributed by atoms with Crippen LogP contribution in [-0.2, 0) is 6.54 Å². The summed E-state index contributed by atoms with van der Waals surface area (Å²) in [4.78, 5) is 0. The first-order valence-corrected chi connectivity index (χ1v) is 4.23. The van der Waals surface area contributed by atoms with Crippen LogP contribution in [0.2, 0.25) is 0 Å². The fraction of sp³-hybridized carbons (Fsp3) is 0.556. The van der Waals surface area contributed by atoms with Crippen LogP contribution in [0, 0.1) is 16.7 Å². The number of nitrogens with zero attached hydrogens (tertiary/aromatic N) is 3. The predicted molar refractivity (Wildman–Crippen MR) is 44.1 cm³/mol. The molecular weight excluding hydrogens is 150 g/mol. The van der Waals surface area contributed by atoms with Crippen molar-refractivity contribution in [2.45, 2.75) is 25.8 Å². The van der Waals surface area contributed by atoms with Gasteiger partial charge < -0.3 is 0 Å². The molecule has 0 radical (unpaired) electrons. The van der Waals surface area contributed by atoms with Crippen LogP contribution in [0.15, 0.2) is 18.5 Å². The van der Waals surface area contributed by atoms with E-state index >= 15 is 0 Å². The molecule has 0 amide bonds. The maximum Gasteiger partial charge on any atom is 0.0690 e. The van der Waals surface area contributed by atoms with Gasteiger partial charge in [0.15, 0.2) is 0 Å². The highest BCUT2D eigenvalue weighted by atomic mass is 15.3. The van der Waals surface area contributed by atoms with Gasteiger partial charge in [0, 0.05) is 18.9 Å². The first-order valence-electron chi connectivity index (χ1n) is 4.23. The van der Waals surface area contributed by atoms with Gasteiger partial charge in [-0.05, 0) is 25.3 Å². The zero-order chi connectivity index (χ0) is 8.44. The molecule has 0 aromatic carbocycles. The molecule has 12 heavy (non-hydrogen) atoms. The second-order valence-electron chi connectivity index (χ2n) is 3.41. The van der Waals surface area contributed by atoms with Gasteiger partial charge in [0.2, 0.25) is 0 Å². The average Bonchev–Trinajstić information content (AvgIpc) is 2.70. The molecule has 1 fully saturated rings. The Morgan fingerprint density at radius 1 is 1.58 bits per heavy atom. The van der Waals surface area contributed by atoms with Crippen LogP contribution in [0.25, 0.3) is 0 Å². The molecule has 1 saturated carbocycles. The van der Waals surface area contributed by atoms with Gasteiger partial charge in [-0.1, -0.05) is 0 Å². The highest BCUT2D eigenvalue weighted by molar-refractivity contribution is 5.09. The first kappa shape index (κ1) is 7.35. The minimum absolute atomic E-state index is 0.00590. The Labute approximate surface area is 71.6 Å². The molecule has 2 rings (SSSR count). The third-order valence-electron chi connectivity index (χ3n) is 2.47. The molecule has 0 unspecified atom stereocenters. The highest BCUT2D eigenvalue weighted by Gasteiger charge is 2.42. The predicted octanol–water partition coefficient (Wildman–Crippen LogP) is 1.58. The third-order valence-corrected chi connectivity index (χ3v) is 2.47. The zero-order valence-electron chi connectivity index (χ0n) is 6.90. The summed E-state index contributed by atoms with van der Waals surface area (Å²) in [5, 5.41) is 12.9. The lowest BCUT2D eigenvalue weighted by Crippen LogP contribution is -2.05. The number of nitriles is 1. The SMILES string of the molecule is N#CC1(CCn2cccn2)CC1. The monoisotopic (exact) mass is 161 g/mol. The summed E-state index contributed by atoms with van der Waals surface area (Å²) >= 11 is 0. The Morgan fingerprint density at radius 2 is 2.42 bits per heavy atom. The van der Waals surface area contributed by atoms with Crippen LogP contribution in [-0.4, -0.2) is 9.78 Å². The Morgan fingerprint density at radius 3 is 2.92 bits per heavy atom. The second-order valence-corrected chi connectivity index (χ2v) is 3.41. The summed E-state index contributed by atoms with van der Waals surface area (Å²) in [6.45, 7) is 0.876. The van der Waals surface area contributed by atoms with Gasteiger partial charge in [0.25, 0.3) is 0 Å². The van der Waals surface area contributed by atoms with Crippen LogP contribution in [0.1, 0.15) is 19.3 Å². The van der Waals surface area contributed by atoms with E-state index in [0.29, 0.717) is 0 Å². The van der Waals surface area contributed by atoms with Gasteiger partial charge in [-0.15, -0.1) is 0 Å². The molecule has 0 spiro atoms. The first-order chi connectivity index (χ1) is 5.85. The van der Waals surface area contributed by atoms with Crippen LogP contribution in [0.5, 0.6) is 0 Å². The van der Waals surface area contributed by atoms with Crippen molar-refractivity contribution in [3.05, 3.63) is 18.5 Å². The van der Waals surface area contributed by atoms with E-state index in [2.05, 4.69) is 11.2 Å². The highest BCUT2D eigenvalue weighted by Crippen LogP contribution is 2.48. The summed E-state index contributed by atoms with van der Waals surface area (Å²) in [7, 11) is 0. The number of aryl methyl sites for hydroxylation is 1. The normalized spacial score (nSPS) is 18.6. The maximum absolute atomic E-state index is 8.81. The number of aromatic nitrogens is 2. The van der Waals surface area contributed by atoms with E-state index in [1.165, 1.54) is 0 Å². The van der Waals surface area contributed by atoms with Crippen molar-refractivity contribution in [2.75, 3.05) is 0 Å². The Hall–Kier alpha value is -1.30. The Bertz CT molecular complexity index is 290. The smallest absolute Gasteiger partial charge is 0.0690 e. The molecule has 1 aliphatic carbocycles. The molecule has 0 aliphatic heterocycles.